The number of carboxylic acids is 1. The second-order valence-corrected chi connectivity index (χ2v) is 7.55. The number of rotatable bonds is 7. The van der Waals surface area contributed by atoms with Crippen molar-refractivity contribution in [1.29, 1.82) is 0 Å². The number of hydrogen-bond donors (Lipinski definition) is 3. The van der Waals surface area contributed by atoms with Crippen LogP contribution in [0.25, 0.3) is 22.1 Å². The summed E-state index contributed by atoms with van der Waals surface area (Å²) in [7, 11) is 0. The Labute approximate surface area is 186 Å². The average molecular weight is 480 g/mol. The minimum absolute atomic E-state index is 0.526. The van der Waals surface area contributed by atoms with Crippen LogP contribution in [0.5, 0.6) is 0 Å². The molecule has 3 aromatic carbocycles. The molecule has 1 heterocycles. The van der Waals surface area contributed by atoms with E-state index in [2.05, 4.69) is 31.4 Å². The second-order valence-electron chi connectivity index (χ2n) is 6.76. The first-order chi connectivity index (χ1) is 15.1. The zero-order valence-electron chi connectivity index (χ0n) is 16.2. The van der Waals surface area contributed by atoms with Gasteiger partial charge in [-0.25, -0.2) is 4.79 Å². The molecule has 7 nitrogen and oxygen atoms in total. The van der Waals surface area contributed by atoms with Gasteiger partial charge in [0.15, 0.2) is 17.4 Å². The smallest absolute Gasteiger partial charge is 0.330 e. The van der Waals surface area contributed by atoms with Crippen molar-refractivity contribution in [3.8, 4) is 11.1 Å². The van der Waals surface area contributed by atoms with Crippen molar-refractivity contribution in [2.24, 2.45) is 4.99 Å². The van der Waals surface area contributed by atoms with Crippen molar-refractivity contribution >= 4 is 50.6 Å². The molecule has 31 heavy (non-hydrogen) atoms. The van der Waals surface area contributed by atoms with Crippen LogP contribution in [-0.4, -0.2) is 40.2 Å². The third-order valence-corrected chi connectivity index (χ3v) is 5.55. The number of fused-ring (bicyclic) bond motifs is 1. The van der Waals surface area contributed by atoms with Crippen LogP contribution in [0.3, 0.4) is 0 Å². The number of nitrogens with zero attached hydrogens (tertiary/aromatic N) is 2. The molecule has 0 amide bonds. The predicted molar refractivity (Wildman–Crippen MR) is 123 cm³/mol. The number of aliphatic carboxylic acids is 1. The van der Waals surface area contributed by atoms with Gasteiger partial charge in [-0.2, -0.15) is 0 Å². The van der Waals surface area contributed by atoms with Gasteiger partial charge in [0, 0.05) is 10.7 Å². The maximum absolute atomic E-state index is 11.0. The van der Waals surface area contributed by atoms with Crippen LogP contribution in [-0.2, 0) is 4.79 Å². The Hall–Kier alpha value is -3.49. The quantitative estimate of drug-likeness (QED) is 0.326. The Morgan fingerprint density at radius 2 is 1.97 bits per heavy atom. The lowest BCUT2D eigenvalue weighted by atomic mass is 10.1. The zero-order chi connectivity index (χ0) is 21.8. The molecule has 0 saturated carbocycles. The predicted octanol–water partition coefficient (Wildman–Crippen LogP) is 4.87. The molecule has 4 rings (SSSR count). The lowest BCUT2D eigenvalue weighted by molar-refractivity contribution is -0.139. The molecule has 0 aliphatic heterocycles. The summed E-state index contributed by atoms with van der Waals surface area (Å²) in [5, 5.41) is 26.2. The van der Waals surface area contributed by atoms with Crippen LogP contribution >= 0.6 is 15.9 Å². The fourth-order valence-corrected chi connectivity index (χ4v) is 3.68. The third kappa shape index (κ3) is 4.50. The summed E-state index contributed by atoms with van der Waals surface area (Å²) < 4.78 is 6.35. The number of aromatic nitrogens is 1. The summed E-state index contributed by atoms with van der Waals surface area (Å²) in [5.41, 5.74) is 4.15. The molecule has 0 fully saturated rings. The van der Waals surface area contributed by atoms with E-state index in [1.54, 1.807) is 12.1 Å². The summed E-state index contributed by atoms with van der Waals surface area (Å²) in [6.07, 6.45) is 1.39. The van der Waals surface area contributed by atoms with E-state index in [1.165, 1.54) is 6.21 Å². The van der Waals surface area contributed by atoms with E-state index in [9.17, 15) is 4.79 Å². The summed E-state index contributed by atoms with van der Waals surface area (Å²) >= 11 is 3.69. The van der Waals surface area contributed by atoms with Gasteiger partial charge < -0.3 is 20.1 Å². The Bertz CT molecular complexity index is 1250. The van der Waals surface area contributed by atoms with Gasteiger partial charge in [-0.15, -0.1) is 0 Å². The summed E-state index contributed by atoms with van der Waals surface area (Å²) in [6.45, 7) is -0.568. The van der Waals surface area contributed by atoms with Crippen molar-refractivity contribution in [3.63, 3.8) is 0 Å². The number of halogens is 1. The Morgan fingerprint density at radius 3 is 2.71 bits per heavy atom. The molecule has 0 saturated heterocycles. The molecular formula is C23H18BrN3O4. The van der Waals surface area contributed by atoms with Crippen LogP contribution in [0, 0.1) is 0 Å². The zero-order valence-corrected chi connectivity index (χ0v) is 17.8. The van der Waals surface area contributed by atoms with Gasteiger partial charge in [-0.1, -0.05) is 53.7 Å². The van der Waals surface area contributed by atoms with Crippen molar-refractivity contribution < 1.29 is 19.5 Å². The fraction of sp³-hybridized carbons (Fsp3) is 0.0870. The standard InChI is InChI=1S/C23H18BrN3O4/c24-21-16(15-5-2-1-3-6-15)7-4-8-18(21)26-22-17-10-9-14(11-20(17)31-27-22)12-25-19(13-28)23(29)30/h1-12,19,28H,13H2,(H,26,27)(H,29,30)/t19-/m0/s1. The monoisotopic (exact) mass is 479 g/mol. The molecule has 0 radical (unpaired) electrons. The molecule has 4 aromatic rings. The number of aliphatic hydroxyl groups excluding tert-OH is 1. The summed E-state index contributed by atoms with van der Waals surface area (Å²) in [5.74, 6) is -0.627. The van der Waals surface area contributed by atoms with Crippen molar-refractivity contribution in [2.45, 2.75) is 6.04 Å². The molecule has 0 bridgehead atoms. The topological polar surface area (TPSA) is 108 Å². The fourth-order valence-electron chi connectivity index (χ4n) is 3.09. The van der Waals surface area contributed by atoms with E-state index >= 15 is 0 Å². The second kappa shape index (κ2) is 9.11. The first kappa shape index (κ1) is 20.8. The highest BCUT2D eigenvalue weighted by molar-refractivity contribution is 9.10. The van der Waals surface area contributed by atoms with E-state index in [0.29, 0.717) is 17.0 Å². The number of carboxylic acid groups (broad SMARTS) is 1. The number of hydrogen-bond acceptors (Lipinski definition) is 6. The van der Waals surface area contributed by atoms with Crippen LogP contribution in [0.15, 0.2) is 80.7 Å². The van der Waals surface area contributed by atoms with Gasteiger partial charge in [-0.3, -0.25) is 4.99 Å². The lowest BCUT2D eigenvalue weighted by Crippen LogP contribution is -2.22. The van der Waals surface area contributed by atoms with Crippen LogP contribution in [0.2, 0.25) is 0 Å². The SMILES string of the molecule is O=C(O)[C@H](CO)N=Cc1ccc2c(Nc3cccc(-c4ccccc4)c3Br)noc2c1. The number of aliphatic imine (C=N–C) groups is 1. The largest absolute Gasteiger partial charge is 0.480 e. The number of aliphatic hydroxyl groups is 1. The molecule has 8 heteroatoms. The van der Waals surface area contributed by atoms with E-state index in [-0.39, 0.29) is 0 Å². The van der Waals surface area contributed by atoms with Crippen LogP contribution in [0.4, 0.5) is 11.5 Å². The van der Waals surface area contributed by atoms with Crippen LogP contribution < -0.4 is 5.32 Å². The van der Waals surface area contributed by atoms with Gasteiger partial charge in [0.2, 0.25) is 0 Å². The normalized spacial score (nSPS) is 12.3. The Morgan fingerprint density at radius 1 is 1.16 bits per heavy atom. The lowest BCUT2D eigenvalue weighted by Gasteiger charge is -2.11. The maximum atomic E-state index is 11.0. The molecule has 0 aliphatic rings. The van der Waals surface area contributed by atoms with Crippen molar-refractivity contribution in [1.82, 2.24) is 5.16 Å². The van der Waals surface area contributed by atoms with Gasteiger partial charge in [0.1, 0.15) is 0 Å². The summed E-state index contributed by atoms with van der Waals surface area (Å²) in [4.78, 5) is 14.9. The highest BCUT2D eigenvalue weighted by Gasteiger charge is 2.14. The number of carbonyl (C=O) groups is 1. The van der Waals surface area contributed by atoms with Gasteiger partial charge in [0.25, 0.3) is 0 Å². The van der Waals surface area contributed by atoms with Crippen LogP contribution in [0.1, 0.15) is 5.56 Å². The maximum Gasteiger partial charge on any atom is 0.330 e. The molecule has 156 valence electrons. The number of benzene rings is 3. The molecule has 1 aromatic heterocycles. The average Bonchev–Trinajstić information content (AvgIpc) is 3.18. The van der Waals surface area contributed by atoms with Gasteiger partial charge in [-0.05, 0) is 50.8 Å². The third-order valence-electron chi connectivity index (χ3n) is 4.69. The van der Waals surface area contributed by atoms with Crippen molar-refractivity contribution in [2.75, 3.05) is 11.9 Å². The molecule has 1 atom stereocenters. The molecule has 0 aliphatic carbocycles. The molecular weight excluding hydrogens is 462 g/mol. The van der Waals surface area contributed by atoms with E-state index in [4.69, 9.17) is 14.7 Å². The molecule has 3 N–H and O–H groups in total. The Balaban J connectivity index is 1.61. The minimum atomic E-state index is -1.20. The van der Waals surface area contributed by atoms with E-state index in [0.717, 1.165) is 26.7 Å². The first-order valence-electron chi connectivity index (χ1n) is 9.44. The molecule has 0 spiro atoms. The summed E-state index contributed by atoms with van der Waals surface area (Å²) in [6, 6.07) is 20.1. The van der Waals surface area contributed by atoms with Gasteiger partial charge >= 0.3 is 5.97 Å². The number of anilines is 2. The van der Waals surface area contributed by atoms with Gasteiger partial charge in [0.05, 0.1) is 17.7 Å². The Kier molecular flexibility index (Phi) is 6.11. The van der Waals surface area contributed by atoms with Crippen molar-refractivity contribution in [3.05, 3.63) is 76.8 Å². The number of nitrogens with one attached hydrogen (secondary N) is 1. The minimum Gasteiger partial charge on any atom is -0.480 e. The molecule has 0 unspecified atom stereocenters. The highest BCUT2D eigenvalue weighted by atomic mass is 79.9. The van der Waals surface area contributed by atoms with E-state index < -0.39 is 18.6 Å². The first-order valence-corrected chi connectivity index (χ1v) is 10.2. The van der Waals surface area contributed by atoms with E-state index in [1.807, 2.05) is 54.6 Å². The highest BCUT2D eigenvalue weighted by Crippen LogP contribution is 2.36.